The average Bonchev–Trinajstić information content (AvgIpc) is 2.87. The summed E-state index contributed by atoms with van der Waals surface area (Å²) >= 11 is 3.84. The summed E-state index contributed by atoms with van der Waals surface area (Å²) < 4.78 is 5.09. The highest BCUT2D eigenvalue weighted by Gasteiger charge is 2.30. The SMILES string of the molecule is CCC1SCCSC1c1noc([C@@H](N)CO)n1. The molecule has 5 nitrogen and oxygen atoms in total. The van der Waals surface area contributed by atoms with Crippen LogP contribution >= 0.6 is 23.5 Å². The van der Waals surface area contributed by atoms with E-state index in [4.69, 9.17) is 15.4 Å². The van der Waals surface area contributed by atoms with Gasteiger partial charge in [-0.05, 0) is 6.42 Å². The Kier molecular flexibility index (Phi) is 4.72. The fraction of sp³-hybridized carbons (Fsp3) is 0.800. The molecule has 0 amide bonds. The minimum Gasteiger partial charge on any atom is -0.394 e. The number of aliphatic hydroxyl groups is 1. The maximum atomic E-state index is 8.94. The molecule has 96 valence electrons. The Morgan fingerprint density at radius 3 is 3.00 bits per heavy atom. The molecule has 7 heteroatoms. The minimum absolute atomic E-state index is 0.175. The van der Waals surface area contributed by atoms with E-state index in [0.717, 1.165) is 12.2 Å². The molecule has 1 aliphatic heterocycles. The van der Waals surface area contributed by atoms with E-state index in [1.807, 2.05) is 23.5 Å². The molecule has 0 saturated carbocycles. The van der Waals surface area contributed by atoms with Gasteiger partial charge in [0.15, 0.2) is 5.82 Å². The molecule has 3 atom stereocenters. The van der Waals surface area contributed by atoms with Crippen molar-refractivity contribution in [1.29, 1.82) is 0 Å². The normalized spacial score (nSPS) is 27.0. The molecule has 1 aromatic heterocycles. The maximum Gasteiger partial charge on any atom is 0.245 e. The second-order valence-electron chi connectivity index (χ2n) is 3.89. The molecule has 1 aromatic rings. The van der Waals surface area contributed by atoms with Gasteiger partial charge in [0.1, 0.15) is 6.04 Å². The van der Waals surface area contributed by atoms with Crippen LogP contribution in [0.15, 0.2) is 4.52 Å². The zero-order chi connectivity index (χ0) is 12.3. The Morgan fingerprint density at radius 2 is 2.29 bits per heavy atom. The summed E-state index contributed by atoms with van der Waals surface area (Å²) in [6.45, 7) is 2.00. The lowest BCUT2D eigenvalue weighted by atomic mass is 10.2. The second kappa shape index (κ2) is 6.08. The summed E-state index contributed by atoms with van der Waals surface area (Å²) in [6, 6.07) is -0.572. The predicted molar refractivity (Wildman–Crippen MR) is 70.0 cm³/mol. The number of rotatable bonds is 4. The topological polar surface area (TPSA) is 85.2 Å². The van der Waals surface area contributed by atoms with Crippen LogP contribution in [-0.2, 0) is 0 Å². The zero-order valence-electron chi connectivity index (χ0n) is 9.70. The van der Waals surface area contributed by atoms with Gasteiger partial charge in [-0.3, -0.25) is 0 Å². The molecule has 0 radical (unpaired) electrons. The quantitative estimate of drug-likeness (QED) is 0.858. The number of aromatic nitrogens is 2. The van der Waals surface area contributed by atoms with Gasteiger partial charge in [-0.1, -0.05) is 12.1 Å². The Morgan fingerprint density at radius 1 is 1.53 bits per heavy atom. The summed E-state index contributed by atoms with van der Waals surface area (Å²) in [5.74, 6) is 3.34. The van der Waals surface area contributed by atoms with Gasteiger partial charge < -0.3 is 15.4 Å². The fourth-order valence-corrected chi connectivity index (χ4v) is 4.72. The number of thioether (sulfide) groups is 2. The van der Waals surface area contributed by atoms with Crippen LogP contribution in [0.25, 0.3) is 0 Å². The summed E-state index contributed by atoms with van der Waals surface area (Å²) in [6.07, 6.45) is 1.10. The number of hydrogen-bond acceptors (Lipinski definition) is 7. The second-order valence-corrected chi connectivity index (χ2v) is 6.49. The van der Waals surface area contributed by atoms with E-state index in [1.54, 1.807) is 0 Å². The number of nitrogens with two attached hydrogens (primary N) is 1. The van der Waals surface area contributed by atoms with E-state index in [0.29, 0.717) is 17.0 Å². The van der Waals surface area contributed by atoms with Crippen LogP contribution in [-0.4, -0.2) is 38.6 Å². The first kappa shape index (κ1) is 13.2. The lowest BCUT2D eigenvalue weighted by molar-refractivity contribution is 0.236. The first-order valence-electron chi connectivity index (χ1n) is 5.69. The zero-order valence-corrected chi connectivity index (χ0v) is 11.3. The lowest BCUT2D eigenvalue weighted by Gasteiger charge is -2.27. The van der Waals surface area contributed by atoms with Crippen LogP contribution in [0.4, 0.5) is 0 Å². The predicted octanol–water partition coefficient (Wildman–Crippen LogP) is 1.36. The Labute approximate surface area is 109 Å². The van der Waals surface area contributed by atoms with Crippen LogP contribution in [0.3, 0.4) is 0 Å². The molecule has 0 spiro atoms. The minimum atomic E-state index is -0.572. The molecule has 2 unspecified atom stereocenters. The fourth-order valence-electron chi connectivity index (χ4n) is 1.73. The number of hydrogen-bond donors (Lipinski definition) is 2. The van der Waals surface area contributed by atoms with Crippen LogP contribution < -0.4 is 5.73 Å². The van der Waals surface area contributed by atoms with Crippen molar-refractivity contribution in [2.75, 3.05) is 18.1 Å². The van der Waals surface area contributed by atoms with Crippen LogP contribution in [0.2, 0.25) is 0 Å². The van der Waals surface area contributed by atoms with Crippen LogP contribution in [0, 0.1) is 0 Å². The van der Waals surface area contributed by atoms with E-state index in [-0.39, 0.29) is 11.9 Å². The number of nitrogens with zero attached hydrogens (tertiary/aromatic N) is 2. The molecule has 17 heavy (non-hydrogen) atoms. The summed E-state index contributed by atoms with van der Waals surface area (Å²) in [4.78, 5) is 4.31. The molecule has 1 aliphatic rings. The van der Waals surface area contributed by atoms with E-state index in [1.165, 1.54) is 5.75 Å². The van der Waals surface area contributed by atoms with Crippen molar-refractivity contribution in [2.45, 2.75) is 29.9 Å². The highest BCUT2D eigenvalue weighted by molar-refractivity contribution is 8.06. The standard InChI is InChI=1S/C10H17N3O2S2/c1-2-7-8(17-4-3-16-7)9-12-10(15-13-9)6(11)5-14/h6-8,14H,2-5,11H2,1H3/t6-,7?,8?/m0/s1. The van der Waals surface area contributed by atoms with Gasteiger partial charge in [-0.15, -0.1) is 11.8 Å². The molecule has 0 aromatic carbocycles. The number of aliphatic hydroxyl groups excluding tert-OH is 1. The largest absolute Gasteiger partial charge is 0.394 e. The summed E-state index contributed by atoms with van der Waals surface area (Å²) in [7, 11) is 0. The lowest BCUT2D eigenvalue weighted by Crippen LogP contribution is -2.20. The van der Waals surface area contributed by atoms with Crippen LogP contribution in [0.1, 0.15) is 36.4 Å². The molecule has 0 bridgehead atoms. The summed E-state index contributed by atoms with van der Waals surface area (Å²) in [5, 5.41) is 13.8. The van der Waals surface area contributed by atoms with Gasteiger partial charge in [0, 0.05) is 16.8 Å². The van der Waals surface area contributed by atoms with E-state index < -0.39 is 6.04 Å². The summed E-state index contributed by atoms with van der Waals surface area (Å²) in [5.41, 5.74) is 5.65. The molecular weight excluding hydrogens is 258 g/mol. The first-order chi connectivity index (χ1) is 8.26. The third-order valence-corrected chi connectivity index (χ3v) is 5.92. The van der Waals surface area contributed by atoms with Gasteiger partial charge in [-0.2, -0.15) is 16.7 Å². The molecular formula is C10H17N3O2S2. The first-order valence-corrected chi connectivity index (χ1v) is 7.79. The van der Waals surface area contributed by atoms with E-state index in [9.17, 15) is 0 Å². The van der Waals surface area contributed by atoms with Crippen molar-refractivity contribution in [1.82, 2.24) is 10.1 Å². The Balaban J connectivity index is 2.12. The van der Waals surface area contributed by atoms with Gasteiger partial charge in [0.2, 0.25) is 5.89 Å². The highest BCUT2D eigenvalue weighted by atomic mass is 32.2. The van der Waals surface area contributed by atoms with Gasteiger partial charge in [-0.25, -0.2) is 0 Å². The van der Waals surface area contributed by atoms with Crippen LogP contribution in [0.5, 0.6) is 0 Å². The monoisotopic (exact) mass is 275 g/mol. The third-order valence-electron chi connectivity index (χ3n) is 2.68. The molecule has 3 N–H and O–H groups in total. The van der Waals surface area contributed by atoms with Crippen molar-refractivity contribution < 1.29 is 9.63 Å². The van der Waals surface area contributed by atoms with Gasteiger partial charge in [0.25, 0.3) is 0 Å². The molecule has 2 heterocycles. The van der Waals surface area contributed by atoms with Crippen molar-refractivity contribution in [3.63, 3.8) is 0 Å². The van der Waals surface area contributed by atoms with Gasteiger partial charge >= 0.3 is 0 Å². The third kappa shape index (κ3) is 2.96. The molecule has 1 saturated heterocycles. The Bertz CT molecular complexity index is 361. The van der Waals surface area contributed by atoms with E-state index in [2.05, 4.69) is 17.1 Å². The van der Waals surface area contributed by atoms with Crippen molar-refractivity contribution in [3.05, 3.63) is 11.7 Å². The maximum absolute atomic E-state index is 8.94. The van der Waals surface area contributed by atoms with Crippen molar-refractivity contribution in [3.8, 4) is 0 Å². The highest BCUT2D eigenvalue weighted by Crippen LogP contribution is 2.42. The molecule has 2 rings (SSSR count). The van der Waals surface area contributed by atoms with Gasteiger partial charge in [0.05, 0.1) is 11.9 Å². The van der Waals surface area contributed by atoms with E-state index >= 15 is 0 Å². The molecule has 0 aliphatic carbocycles. The Hall–Kier alpha value is -0.240. The smallest absolute Gasteiger partial charge is 0.245 e. The average molecular weight is 275 g/mol. The van der Waals surface area contributed by atoms with Crippen molar-refractivity contribution >= 4 is 23.5 Å². The molecule has 1 fully saturated rings. The van der Waals surface area contributed by atoms with Crippen molar-refractivity contribution in [2.24, 2.45) is 5.73 Å².